The number of aliphatic hydroxyl groups is 5. The Hall–Kier alpha value is -0.770. The van der Waals surface area contributed by atoms with E-state index in [2.05, 4.69) is 0 Å². The molecule has 8 nitrogen and oxygen atoms in total. The molecule has 0 saturated carbocycles. The zero-order valence-electron chi connectivity index (χ0n) is 11.4. The van der Waals surface area contributed by atoms with Crippen molar-refractivity contribution < 1.29 is 40.2 Å². The fraction of sp³-hybridized carbons (Fsp3) is 0.917. The van der Waals surface area contributed by atoms with E-state index >= 15 is 0 Å². The van der Waals surface area contributed by atoms with Gasteiger partial charge < -0.3 is 35.4 Å². The Balaban J connectivity index is 3.09. The topological polar surface area (TPSA) is 148 Å². The SMILES string of the molecule is CC(C)[C@]1(C(=O)O)CC(O)[C@@H](O)C([C@H](O)[C@H](O)CO)O1. The molecule has 1 rings (SSSR count). The molecule has 1 fully saturated rings. The number of hydrogen-bond acceptors (Lipinski definition) is 7. The first-order chi connectivity index (χ1) is 9.17. The summed E-state index contributed by atoms with van der Waals surface area (Å²) in [6, 6.07) is 0. The van der Waals surface area contributed by atoms with Gasteiger partial charge in [-0.1, -0.05) is 13.8 Å². The van der Waals surface area contributed by atoms with Crippen LogP contribution in [0.25, 0.3) is 0 Å². The second-order valence-electron chi connectivity index (χ2n) is 5.43. The fourth-order valence-corrected chi connectivity index (χ4v) is 2.37. The molecule has 2 unspecified atom stereocenters. The third-order valence-corrected chi connectivity index (χ3v) is 3.80. The molecule has 1 saturated heterocycles. The predicted molar refractivity (Wildman–Crippen MR) is 65.8 cm³/mol. The van der Waals surface area contributed by atoms with Gasteiger partial charge in [0.1, 0.15) is 24.4 Å². The van der Waals surface area contributed by atoms with Crippen molar-refractivity contribution in [3.63, 3.8) is 0 Å². The van der Waals surface area contributed by atoms with E-state index in [4.69, 9.17) is 9.84 Å². The van der Waals surface area contributed by atoms with Crippen LogP contribution in [0.5, 0.6) is 0 Å². The Labute approximate surface area is 116 Å². The van der Waals surface area contributed by atoms with Gasteiger partial charge in [-0.25, -0.2) is 4.79 Å². The quantitative estimate of drug-likeness (QED) is 0.331. The minimum Gasteiger partial charge on any atom is -0.479 e. The molecule has 6 atom stereocenters. The minimum absolute atomic E-state index is 0.334. The van der Waals surface area contributed by atoms with Crippen LogP contribution in [0, 0.1) is 5.92 Å². The molecule has 6 N–H and O–H groups in total. The highest BCUT2D eigenvalue weighted by Gasteiger charge is 2.55. The minimum atomic E-state index is -1.78. The lowest BCUT2D eigenvalue weighted by atomic mass is 9.79. The van der Waals surface area contributed by atoms with Gasteiger partial charge in [0.15, 0.2) is 5.60 Å². The molecule has 0 aliphatic carbocycles. The monoisotopic (exact) mass is 294 g/mol. The molecule has 1 aliphatic rings. The first kappa shape index (κ1) is 17.3. The van der Waals surface area contributed by atoms with Gasteiger partial charge in [0.05, 0.1) is 12.7 Å². The van der Waals surface area contributed by atoms with E-state index in [1.807, 2.05) is 0 Å². The molecular formula is C12H22O8. The average molecular weight is 294 g/mol. The molecule has 0 amide bonds. The van der Waals surface area contributed by atoms with Crippen LogP contribution in [0.3, 0.4) is 0 Å². The van der Waals surface area contributed by atoms with E-state index in [1.165, 1.54) is 0 Å². The van der Waals surface area contributed by atoms with E-state index < -0.39 is 54.6 Å². The largest absolute Gasteiger partial charge is 0.479 e. The summed E-state index contributed by atoms with van der Waals surface area (Å²) in [5, 5.41) is 57.1. The highest BCUT2D eigenvalue weighted by molar-refractivity contribution is 5.78. The van der Waals surface area contributed by atoms with E-state index in [1.54, 1.807) is 13.8 Å². The number of hydrogen-bond donors (Lipinski definition) is 6. The van der Waals surface area contributed by atoms with E-state index in [-0.39, 0.29) is 6.42 Å². The third kappa shape index (κ3) is 2.95. The van der Waals surface area contributed by atoms with Crippen LogP contribution in [0.4, 0.5) is 0 Å². The van der Waals surface area contributed by atoms with Gasteiger partial charge in [-0.15, -0.1) is 0 Å². The molecule has 0 spiro atoms. The Bertz CT molecular complexity index is 346. The smallest absolute Gasteiger partial charge is 0.336 e. The predicted octanol–water partition coefficient (Wildman–Crippen LogP) is -2.31. The van der Waals surface area contributed by atoms with Crippen LogP contribution in [0.2, 0.25) is 0 Å². The Kier molecular flexibility index (Phi) is 5.47. The molecular weight excluding hydrogens is 272 g/mol. The van der Waals surface area contributed by atoms with Crippen molar-refractivity contribution in [1.29, 1.82) is 0 Å². The van der Waals surface area contributed by atoms with Crippen molar-refractivity contribution in [1.82, 2.24) is 0 Å². The highest BCUT2D eigenvalue weighted by Crippen LogP contribution is 2.37. The van der Waals surface area contributed by atoms with Gasteiger partial charge in [0.2, 0.25) is 0 Å². The standard InChI is InChI=1S/C12H22O8/c1-5(2)12(11(18)19)3-6(14)8(16)10(20-12)9(17)7(15)4-13/h5-10,13-17H,3-4H2,1-2H3,(H,18,19)/t6?,7-,8-,9-,10?,12+/m1/s1. The number of aliphatic carboxylic acids is 1. The molecule has 0 aromatic rings. The summed E-state index contributed by atoms with van der Waals surface area (Å²) in [6.45, 7) is 2.36. The second-order valence-corrected chi connectivity index (χ2v) is 5.43. The number of carbonyl (C=O) groups is 1. The number of rotatable bonds is 5. The normalized spacial score (nSPS) is 37.7. The number of ether oxygens (including phenoxy) is 1. The zero-order chi connectivity index (χ0) is 15.7. The van der Waals surface area contributed by atoms with Gasteiger partial charge in [-0.3, -0.25) is 0 Å². The molecule has 1 heterocycles. The maximum Gasteiger partial charge on any atom is 0.336 e. The van der Waals surface area contributed by atoms with Crippen LogP contribution in [0.1, 0.15) is 20.3 Å². The maximum atomic E-state index is 11.5. The summed E-state index contributed by atoms with van der Waals surface area (Å²) >= 11 is 0. The highest BCUT2D eigenvalue weighted by atomic mass is 16.6. The Morgan fingerprint density at radius 1 is 1.35 bits per heavy atom. The third-order valence-electron chi connectivity index (χ3n) is 3.80. The number of carboxylic acid groups (broad SMARTS) is 1. The first-order valence-corrected chi connectivity index (χ1v) is 6.41. The van der Waals surface area contributed by atoms with Crippen LogP contribution < -0.4 is 0 Å². The molecule has 0 aromatic heterocycles. The van der Waals surface area contributed by atoms with Crippen molar-refractivity contribution >= 4 is 5.97 Å². The fourth-order valence-electron chi connectivity index (χ4n) is 2.37. The summed E-state index contributed by atoms with van der Waals surface area (Å²) < 4.78 is 5.33. The molecule has 1 aliphatic heterocycles. The molecule has 8 heteroatoms. The van der Waals surface area contributed by atoms with Crippen molar-refractivity contribution in [2.24, 2.45) is 5.92 Å². The van der Waals surface area contributed by atoms with Gasteiger partial charge in [-0.2, -0.15) is 0 Å². The van der Waals surface area contributed by atoms with Crippen LogP contribution in [0.15, 0.2) is 0 Å². The van der Waals surface area contributed by atoms with Gasteiger partial charge in [-0.05, 0) is 5.92 Å². The average Bonchev–Trinajstić information content (AvgIpc) is 2.39. The summed E-state index contributed by atoms with van der Waals surface area (Å²) in [6.07, 6.45) is -8.16. The van der Waals surface area contributed by atoms with E-state index in [9.17, 15) is 30.3 Å². The summed E-state index contributed by atoms with van der Waals surface area (Å²) in [5.74, 6) is -1.86. The number of aliphatic hydroxyl groups excluding tert-OH is 5. The van der Waals surface area contributed by atoms with E-state index in [0.29, 0.717) is 0 Å². The van der Waals surface area contributed by atoms with Crippen molar-refractivity contribution in [2.75, 3.05) is 6.61 Å². The zero-order valence-corrected chi connectivity index (χ0v) is 11.4. The lowest BCUT2D eigenvalue weighted by molar-refractivity contribution is -0.263. The molecule has 118 valence electrons. The van der Waals surface area contributed by atoms with Crippen LogP contribution >= 0.6 is 0 Å². The lowest BCUT2D eigenvalue weighted by Crippen LogP contribution is -2.64. The van der Waals surface area contributed by atoms with E-state index in [0.717, 1.165) is 0 Å². The first-order valence-electron chi connectivity index (χ1n) is 6.41. The summed E-state index contributed by atoms with van der Waals surface area (Å²) in [4.78, 5) is 11.5. The number of carboxylic acids is 1. The van der Waals surface area contributed by atoms with Crippen LogP contribution in [-0.4, -0.2) is 79.3 Å². The lowest BCUT2D eigenvalue weighted by Gasteiger charge is -2.47. The Morgan fingerprint density at radius 2 is 1.90 bits per heavy atom. The van der Waals surface area contributed by atoms with Crippen molar-refractivity contribution in [3.8, 4) is 0 Å². The van der Waals surface area contributed by atoms with Crippen molar-refractivity contribution in [2.45, 2.75) is 56.4 Å². The molecule has 0 radical (unpaired) electrons. The molecule has 0 bridgehead atoms. The summed E-state index contributed by atoms with van der Waals surface area (Å²) in [7, 11) is 0. The van der Waals surface area contributed by atoms with Crippen molar-refractivity contribution in [3.05, 3.63) is 0 Å². The Morgan fingerprint density at radius 3 is 2.30 bits per heavy atom. The molecule has 20 heavy (non-hydrogen) atoms. The van der Waals surface area contributed by atoms with Gasteiger partial charge >= 0.3 is 5.97 Å². The maximum absolute atomic E-state index is 11.5. The molecule has 0 aromatic carbocycles. The van der Waals surface area contributed by atoms with Gasteiger partial charge in [0.25, 0.3) is 0 Å². The van der Waals surface area contributed by atoms with Gasteiger partial charge in [0, 0.05) is 6.42 Å². The summed E-state index contributed by atoms with van der Waals surface area (Å²) in [5.41, 5.74) is -1.78. The second kappa shape index (κ2) is 6.33. The van der Waals surface area contributed by atoms with Crippen LogP contribution in [-0.2, 0) is 9.53 Å².